The van der Waals surface area contributed by atoms with E-state index in [2.05, 4.69) is 47.0 Å². The molecule has 0 spiro atoms. The van der Waals surface area contributed by atoms with Crippen molar-refractivity contribution in [2.45, 2.75) is 39.7 Å². The van der Waals surface area contributed by atoms with Gasteiger partial charge in [0.25, 0.3) is 0 Å². The molecule has 0 aliphatic carbocycles. The molecule has 1 N–H and O–H groups in total. The second-order valence-corrected chi connectivity index (χ2v) is 4.42. The summed E-state index contributed by atoms with van der Waals surface area (Å²) in [5, 5.41) is 3.39. The number of hydrogen-bond acceptors (Lipinski definition) is 2. The van der Waals surface area contributed by atoms with Crippen LogP contribution in [0.3, 0.4) is 0 Å². The van der Waals surface area contributed by atoms with Gasteiger partial charge in [0.2, 0.25) is 0 Å². The summed E-state index contributed by atoms with van der Waals surface area (Å²) in [5.74, 6) is 0.950. The minimum atomic E-state index is 0.477. The Bertz CT molecular complexity index is 299. The van der Waals surface area contributed by atoms with E-state index in [1.165, 1.54) is 18.4 Å². The first-order valence-corrected chi connectivity index (χ1v) is 5.82. The van der Waals surface area contributed by atoms with Crippen molar-refractivity contribution >= 4 is 21.7 Å². The van der Waals surface area contributed by atoms with E-state index in [1.807, 2.05) is 12.3 Å². The van der Waals surface area contributed by atoms with E-state index < -0.39 is 0 Å². The topological polar surface area (TPSA) is 24.9 Å². The number of hydrogen-bond donors (Lipinski definition) is 1. The highest BCUT2D eigenvalue weighted by Crippen LogP contribution is 2.24. The lowest BCUT2D eigenvalue weighted by Crippen LogP contribution is -2.15. The molecule has 0 aromatic carbocycles. The third-order valence-electron chi connectivity index (χ3n) is 2.19. The predicted molar refractivity (Wildman–Crippen MR) is 64.7 cm³/mol. The van der Waals surface area contributed by atoms with Crippen LogP contribution in [-0.2, 0) is 0 Å². The lowest BCUT2D eigenvalue weighted by molar-refractivity contribution is 0.687. The molecule has 2 nitrogen and oxygen atoms in total. The van der Waals surface area contributed by atoms with Gasteiger partial charge in [-0.15, -0.1) is 0 Å². The Kier molecular flexibility index (Phi) is 4.39. The van der Waals surface area contributed by atoms with Gasteiger partial charge in [-0.3, -0.25) is 0 Å². The summed E-state index contributed by atoms with van der Waals surface area (Å²) in [6.07, 6.45) is 4.20. The summed E-state index contributed by atoms with van der Waals surface area (Å²) in [5.41, 5.74) is 1.21. The molecule has 1 unspecified atom stereocenters. The van der Waals surface area contributed by atoms with Crippen LogP contribution in [-0.4, -0.2) is 11.0 Å². The van der Waals surface area contributed by atoms with Crippen LogP contribution in [0.25, 0.3) is 0 Å². The van der Waals surface area contributed by atoms with Crippen LogP contribution < -0.4 is 5.32 Å². The fourth-order valence-corrected chi connectivity index (χ4v) is 1.73. The van der Waals surface area contributed by atoms with E-state index in [9.17, 15) is 0 Å². The average Bonchev–Trinajstić information content (AvgIpc) is 2.13. The molecule has 1 atom stereocenters. The van der Waals surface area contributed by atoms with Gasteiger partial charge in [-0.2, -0.15) is 0 Å². The molecule has 0 bridgehead atoms. The zero-order valence-electron chi connectivity index (χ0n) is 8.97. The molecule has 0 amide bonds. The van der Waals surface area contributed by atoms with Crippen molar-refractivity contribution < 1.29 is 0 Å². The van der Waals surface area contributed by atoms with Gasteiger partial charge in [0.15, 0.2) is 0 Å². The molecule has 14 heavy (non-hydrogen) atoms. The second kappa shape index (κ2) is 5.35. The minimum absolute atomic E-state index is 0.477. The molecule has 78 valence electrons. The molecule has 1 rings (SSSR count). The van der Waals surface area contributed by atoms with Gasteiger partial charge < -0.3 is 5.32 Å². The van der Waals surface area contributed by atoms with Gasteiger partial charge in [0.1, 0.15) is 5.82 Å². The van der Waals surface area contributed by atoms with Gasteiger partial charge in [-0.25, -0.2) is 4.98 Å². The zero-order chi connectivity index (χ0) is 10.6. The van der Waals surface area contributed by atoms with E-state index in [4.69, 9.17) is 0 Å². The fraction of sp³-hybridized carbons (Fsp3) is 0.545. The molecule has 1 aromatic rings. The molecule has 3 heteroatoms. The maximum atomic E-state index is 4.30. The number of halogens is 1. The Hall–Kier alpha value is -0.570. The van der Waals surface area contributed by atoms with Crippen molar-refractivity contribution in [1.29, 1.82) is 0 Å². The predicted octanol–water partition coefficient (Wildman–Crippen LogP) is 3.75. The quantitative estimate of drug-likeness (QED) is 0.888. The van der Waals surface area contributed by atoms with Gasteiger partial charge in [0, 0.05) is 12.2 Å². The number of pyridine rings is 1. The maximum absolute atomic E-state index is 4.30. The first-order valence-electron chi connectivity index (χ1n) is 5.02. The highest BCUT2D eigenvalue weighted by molar-refractivity contribution is 9.10. The normalized spacial score (nSPS) is 12.6. The molecule has 0 aliphatic heterocycles. The van der Waals surface area contributed by atoms with E-state index in [1.54, 1.807) is 0 Å². The van der Waals surface area contributed by atoms with Crippen molar-refractivity contribution in [3.8, 4) is 0 Å². The molecule has 1 aromatic heterocycles. The molecular weight excluding hydrogens is 240 g/mol. The molecule has 0 fully saturated rings. The van der Waals surface area contributed by atoms with Crippen LogP contribution in [0.15, 0.2) is 16.7 Å². The van der Waals surface area contributed by atoms with Gasteiger partial charge in [-0.05, 0) is 47.8 Å². The largest absolute Gasteiger partial charge is 0.367 e. The van der Waals surface area contributed by atoms with Crippen LogP contribution >= 0.6 is 15.9 Å². The third-order valence-corrected chi connectivity index (χ3v) is 3.19. The molecule has 0 radical (unpaired) electrons. The molecular formula is C11H17BrN2. The number of nitrogens with zero attached hydrogens (tertiary/aromatic N) is 1. The van der Waals surface area contributed by atoms with E-state index in [0.717, 1.165) is 10.3 Å². The standard InChI is InChI=1S/C11H17BrN2/c1-4-5-9(3)14-11-10(12)8(2)6-7-13-11/h6-7,9H,4-5H2,1-3H3,(H,13,14). The second-order valence-electron chi connectivity index (χ2n) is 3.62. The van der Waals surface area contributed by atoms with E-state index in [-0.39, 0.29) is 0 Å². The molecule has 1 heterocycles. The van der Waals surface area contributed by atoms with Crippen LogP contribution in [0.2, 0.25) is 0 Å². The Morgan fingerprint density at radius 3 is 2.93 bits per heavy atom. The smallest absolute Gasteiger partial charge is 0.140 e. The van der Waals surface area contributed by atoms with Crippen molar-refractivity contribution in [2.24, 2.45) is 0 Å². The Morgan fingerprint density at radius 2 is 2.29 bits per heavy atom. The molecule has 0 saturated heterocycles. The third kappa shape index (κ3) is 2.98. The number of anilines is 1. The summed E-state index contributed by atoms with van der Waals surface area (Å²) in [6.45, 7) is 6.44. The number of nitrogens with one attached hydrogen (secondary N) is 1. The Balaban J connectivity index is 2.71. The van der Waals surface area contributed by atoms with Crippen LogP contribution in [0.1, 0.15) is 32.3 Å². The monoisotopic (exact) mass is 256 g/mol. The highest BCUT2D eigenvalue weighted by Gasteiger charge is 2.06. The fourth-order valence-electron chi connectivity index (χ4n) is 1.38. The van der Waals surface area contributed by atoms with Crippen molar-refractivity contribution in [3.05, 3.63) is 22.3 Å². The van der Waals surface area contributed by atoms with Gasteiger partial charge in [-0.1, -0.05) is 13.3 Å². The molecule has 0 aliphatic rings. The Labute approximate surface area is 94.3 Å². The highest BCUT2D eigenvalue weighted by atomic mass is 79.9. The average molecular weight is 257 g/mol. The van der Waals surface area contributed by atoms with E-state index in [0.29, 0.717) is 6.04 Å². The number of aryl methyl sites for hydroxylation is 1. The number of rotatable bonds is 4. The number of aromatic nitrogens is 1. The summed E-state index contributed by atoms with van der Waals surface area (Å²) >= 11 is 3.53. The Morgan fingerprint density at radius 1 is 1.57 bits per heavy atom. The summed E-state index contributed by atoms with van der Waals surface area (Å²) < 4.78 is 1.07. The van der Waals surface area contributed by atoms with Crippen molar-refractivity contribution in [2.75, 3.05) is 5.32 Å². The van der Waals surface area contributed by atoms with Crippen molar-refractivity contribution in [3.63, 3.8) is 0 Å². The van der Waals surface area contributed by atoms with Crippen molar-refractivity contribution in [1.82, 2.24) is 4.98 Å². The van der Waals surface area contributed by atoms with Crippen LogP contribution in [0.5, 0.6) is 0 Å². The maximum Gasteiger partial charge on any atom is 0.140 e. The lowest BCUT2D eigenvalue weighted by atomic mass is 10.2. The van der Waals surface area contributed by atoms with Crippen LogP contribution in [0, 0.1) is 6.92 Å². The first-order chi connectivity index (χ1) is 6.65. The SMILES string of the molecule is CCCC(C)Nc1nccc(C)c1Br. The van der Waals surface area contributed by atoms with Gasteiger partial charge >= 0.3 is 0 Å². The zero-order valence-corrected chi connectivity index (χ0v) is 10.6. The van der Waals surface area contributed by atoms with Crippen LogP contribution in [0.4, 0.5) is 5.82 Å². The van der Waals surface area contributed by atoms with E-state index >= 15 is 0 Å². The summed E-state index contributed by atoms with van der Waals surface area (Å²) in [7, 11) is 0. The summed E-state index contributed by atoms with van der Waals surface area (Å²) in [6, 6.07) is 2.48. The van der Waals surface area contributed by atoms with Gasteiger partial charge in [0.05, 0.1) is 4.47 Å². The molecule has 0 saturated carbocycles. The minimum Gasteiger partial charge on any atom is -0.367 e. The lowest BCUT2D eigenvalue weighted by Gasteiger charge is -2.15. The first kappa shape index (κ1) is 11.5. The summed E-state index contributed by atoms with van der Waals surface area (Å²) in [4.78, 5) is 4.30.